The average molecular weight is 585 g/mol. The van der Waals surface area contributed by atoms with Crippen molar-refractivity contribution in [3.8, 4) is 0 Å². The van der Waals surface area contributed by atoms with Crippen LogP contribution in [0.5, 0.6) is 0 Å². The summed E-state index contributed by atoms with van der Waals surface area (Å²) in [6, 6.07) is 10.0. The van der Waals surface area contributed by atoms with Gasteiger partial charge in [0, 0.05) is 25.6 Å². The summed E-state index contributed by atoms with van der Waals surface area (Å²) < 4.78 is 26.5. The lowest BCUT2D eigenvalue weighted by Crippen LogP contribution is -2.50. The van der Waals surface area contributed by atoms with Crippen LogP contribution in [-0.2, 0) is 26.2 Å². The second-order valence-electron chi connectivity index (χ2n) is 9.80. The lowest BCUT2D eigenvalue weighted by atomic mass is 10.1. The highest BCUT2D eigenvalue weighted by Crippen LogP contribution is 2.25. The normalized spacial score (nSPS) is 13.1. The molecule has 7 nitrogen and oxygen atoms in total. The fourth-order valence-electron chi connectivity index (χ4n) is 4.29. The van der Waals surface area contributed by atoms with E-state index < -0.39 is 16.1 Å². The highest BCUT2D eigenvalue weighted by molar-refractivity contribution is 7.92. The Morgan fingerprint density at radius 1 is 0.974 bits per heavy atom. The molecule has 2 aromatic rings. The highest BCUT2D eigenvalue weighted by Gasteiger charge is 2.29. The Bertz CT molecular complexity index is 1220. The Hall–Kier alpha value is -2.29. The van der Waals surface area contributed by atoms with Crippen LogP contribution < -0.4 is 9.62 Å². The zero-order valence-corrected chi connectivity index (χ0v) is 25.4. The molecule has 0 radical (unpaired) electrons. The molecular formula is C28H39Cl2N3O4S. The van der Waals surface area contributed by atoms with Gasteiger partial charge in [-0.2, -0.15) is 0 Å². The van der Waals surface area contributed by atoms with E-state index in [0.717, 1.165) is 29.4 Å². The summed E-state index contributed by atoms with van der Waals surface area (Å²) in [5, 5.41) is 3.75. The first-order chi connectivity index (χ1) is 17.8. The maximum atomic E-state index is 13.6. The fourth-order valence-corrected chi connectivity index (χ4v) is 5.56. The van der Waals surface area contributed by atoms with E-state index in [0.29, 0.717) is 28.6 Å². The van der Waals surface area contributed by atoms with Crippen molar-refractivity contribution in [1.29, 1.82) is 0 Å². The number of sulfonamides is 1. The number of aryl methyl sites for hydroxylation is 2. The Morgan fingerprint density at radius 3 is 2.13 bits per heavy atom. The lowest BCUT2D eigenvalue weighted by molar-refractivity contribution is -0.141. The zero-order valence-electron chi connectivity index (χ0n) is 23.1. The van der Waals surface area contributed by atoms with E-state index in [-0.39, 0.29) is 37.4 Å². The first-order valence-electron chi connectivity index (χ1n) is 12.9. The van der Waals surface area contributed by atoms with Crippen molar-refractivity contribution in [2.45, 2.75) is 78.9 Å². The molecule has 0 aromatic heterocycles. The monoisotopic (exact) mass is 583 g/mol. The molecule has 0 heterocycles. The van der Waals surface area contributed by atoms with Crippen LogP contribution in [0.25, 0.3) is 0 Å². The van der Waals surface area contributed by atoms with Crippen molar-refractivity contribution in [1.82, 2.24) is 10.2 Å². The standard InChI is InChI=1S/C28H39Cl2N3O4S/c1-7-21(5)31-28(35)26(8-2)32(18-22-11-12-24(29)25(30)17-22)27(34)10-9-13-33(38(6,36)37)23-15-19(3)14-20(4)16-23/h11-12,14-17,21,26H,7-10,13,18H2,1-6H3,(H,31,35)/t21-,26-/m1/s1. The minimum Gasteiger partial charge on any atom is -0.352 e. The number of nitrogens with one attached hydrogen (secondary N) is 1. The van der Waals surface area contributed by atoms with Crippen molar-refractivity contribution in [3.05, 3.63) is 63.1 Å². The third-order valence-electron chi connectivity index (χ3n) is 6.37. The molecule has 0 aliphatic heterocycles. The number of halogens is 2. The lowest BCUT2D eigenvalue weighted by Gasteiger charge is -2.32. The topological polar surface area (TPSA) is 86.8 Å². The van der Waals surface area contributed by atoms with Crippen LogP contribution in [0.3, 0.4) is 0 Å². The largest absolute Gasteiger partial charge is 0.352 e. The van der Waals surface area contributed by atoms with Gasteiger partial charge in [-0.25, -0.2) is 8.42 Å². The fraction of sp³-hybridized carbons (Fsp3) is 0.500. The molecule has 38 heavy (non-hydrogen) atoms. The minimum atomic E-state index is -3.56. The van der Waals surface area contributed by atoms with Crippen molar-refractivity contribution >= 4 is 50.7 Å². The van der Waals surface area contributed by atoms with E-state index in [9.17, 15) is 18.0 Å². The van der Waals surface area contributed by atoms with Gasteiger partial charge in [-0.3, -0.25) is 13.9 Å². The number of rotatable bonds is 13. The van der Waals surface area contributed by atoms with Gasteiger partial charge in [0.05, 0.1) is 22.0 Å². The molecule has 210 valence electrons. The third-order valence-corrected chi connectivity index (χ3v) is 8.30. The molecular weight excluding hydrogens is 545 g/mol. The van der Waals surface area contributed by atoms with Crippen LogP contribution in [0.1, 0.15) is 63.1 Å². The van der Waals surface area contributed by atoms with E-state index >= 15 is 0 Å². The molecule has 0 saturated heterocycles. The summed E-state index contributed by atoms with van der Waals surface area (Å²) in [5.74, 6) is -0.459. The molecule has 0 saturated carbocycles. The quantitative estimate of drug-likeness (QED) is 0.319. The van der Waals surface area contributed by atoms with Crippen molar-refractivity contribution in [2.24, 2.45) is 0 Å². The Morgan fingerprint density at radius 2 is 1.61 bits per heavy atom. The van der Waals surface area contributed by atoms with Gasteiger partial charge < -0.3 is 10.2 Å². The van der Waals surface area contributed by atoms with Gasteiger partial charge >= 0.3 is 0 Å². The molecule has 0 aliphatic carbocycles. The number of hydrogen-bond acceptors (Lipinski definition) is 4. The Labute approximate surface area is 237 Å². The van der Waals surface area contributed by atoms with Gasteiger partial charge in [0.2, 0.25) is 21.8 Å². The van der Waals surface area contributed by atoms with Crippen molar-refractivity contribution in [2.75, 3.05) is 17.1 Å². The average Bonchev–Trinajstić information content (AvgIpc) is 2.82. The van der Waals surface area contributed by atoms with Gasteiger partial charge in [0.1, 0.15) is 6.04 Å². The summed E-state index contributed by atoms with van der Waals surface area (Å²) in [5.41, 5.74) is 3.23. The second-order valence-corrected chi connectivity index (χ2v) is 12.5. The van der Waals surface area contributed by atoms with Gasteiger partial charge in [0.25, 0.3) is 0 Å². The van der Waals surface area contributed by atoms with Crippen molar-refractivity contribution in [3.63, 3.8) is 0 Å². The van der Waals surface area contributed by atoms with E-state index in [2.05, 4.69) is 5.32 Å². The van der Waals surface area contributed by atoms with Crippen LogP contribution in [0.2, 0.25) is 10.0 Å². The number of carbonyl (C=O) groups is 2. The van der Waals surface area contributed by atoms with Crippen LogP contribution in [-0.4, -0.2) is 50.0 Å². The molecule has 0 aliphatic rings. The first-order valence-corrected chi connectivity index (χ1v) is 15.5. The van der Waals surface area contributed by atoms with Gasteiger partial charge in [0.15, 0.2) is 0 Å². The summed E-state index contributed by atoms with van der Waals surface area (Å²) in [6.45, 7) is 9.91. The first kappa shape index (κ1) is 31.9. The molecule has 0 unspecified atom stereocenters. The van der Waals surface area contributed by atoms with E-state index in [1.807, 2.05) is 52.8 Å². The molecule has 2 atom stereocenters. The SMILES string of the molecule is CC[C@@H](C)NC(=O)[C@@H](CC)N(Cc1ccc(Cl)c(Cl)c1)C(=O)CCCN(c1cc(C)cc(C)c1)S(C)(=O)=O. The maximum Gasteiger partial charge on any atom is 0.243 e. The molecule has 2 rings (SSSR count). The number of amides is 2. The number of benzene rings is 2. The molecule has 0 bridgehead atoms. The van der Waals surface area contributed by atoms with Gasteiger partial charge in [-0.1, -0.05) is 49.2 Å². The van der Waals surface area contributed by atoms with Crippen LogP contribution in [0, 0.1) is 13.8 Å². The van der Waals surface area contributed by atoms with Crippen LogP contribution in [0.4, 0.5) is 5.69 Å². The highest BCUT2D eigenvalue weighted by atomic mass is 35.5. The second kappa shape index (κ2) is 14.2. The molecule has 2 amide bonds. The summed E-state index contributed by atoms with van der Waals surface area (Å²) in [7, 11) is -3.56. The molecule has 10 heteroatoms. The predicted molar refractivity (Wildman–Crippen MR) is 156 cm³/mol. The summed E-state index contributed by atoms with van der Waals surface area (Å²) in [4.78, 5) is 28.2. The molecule has 2 aromatic carbocycles. The summed E-state index contributed by atoms with van der Waals surface area (Å²) >= 11 is 12.3. The van der Waals surface area contributed by atoms with E-state index in [1.165, 1.54) is 4.31 Å². The van der Waals surface area contributed by atoms with Gasteiger partial charge in [-0.05, 0) is 81.0 Å². The number of anilines is 1. The van der Waals surface area contributed by atoms with Crippen LogP contribution >= 0.6 is 23.2 Å². The summed E-state index contributed by atoms with van der Waals surface area (Å²) in [6.07, 6.45) is 2.72. The van der Waals surface area contributed by atoms with Crippen molar-refractivity contribution < 1.29 is 18.0 Å². The number of nitrogens with zero attached hydrogens (tertiary/aromatic N) is 2. The van der Waals surface area contributed by atoms with E-state index in [4.69, 9.17) is 23.2 Å². The minimum absolute atomic E-state index is 0.0282. The molecule has 0 fully saturated rings. The molecule has 1 N–H and O–H groups in total. The smallest absolute Gasteiger partial charge is 0.243 e. The molecule has 0 spiro atoms. The zero-order chi connectivity index (χ0) is 28.6. The Balaban J connectivity index is 2.28. The van der Waals surface area contributed by atoms with E-state index in [1.54, 1.807) is 23.1 Å². The number of hydrogen-bond donors (Lipinski definition) is 1. The number of carbonyl (C=O) groups excluding carboxylic acids is 2. The van der Waals surface area contributed by atoms with Crippen LogP contribution in [0.15, 0.2) is 36.4 Å². The maximum absolute atomic E-state index is 13.6. The third kappa shape index (κ3) is 9.17. The Kier molecular flexibility index (Phi) is 11.9. The van der Waals surface area contributed by atoms with Gasteiger partial charge in [-0.15, -0.1) is 0 Å². The predicted octanol–water partition coefficient (Wildman–Crippen LogP) is 5.88.